The zero-order chi connectivity index (χ0) is 17.6. The number of carboxylic acid groups (broad SMARTS) is 3. The molecule has 0 fully saturated rings. The Kier molecular flexibility index (Phi) is 17.3. The summed E-state index contributed by atoms with van der Waals surface area (Å²) in [7, 11) is 0. The van der Waals surface area contributed by atoms with Crippen molar-refractivity contribution in [1.29, 1.82) is 0 Å². The van der Waals surface area contributed by atoms with Crippen molar-refractivity contribution >= 4 is 44.0 Å². The average molecular weight is 401 g/mol. The van der Waals surface area contributed by atoms with Crippen LogP contribution in [0.3, 0.4) is 0 Å². The van der Waals surface area contributed by atoms with Crippen molar-refractivity contribution in [1.82, 2.24) is 0 Å². The molecule has 0 aromatic heterocycles. The van der Waals surface area contributed by atoms with E-state index in [0.717, 1.165) is 20.8 Å². The molecule has 6 nitrogen and oxygen atoms in total. The second kappa shape index (κ2) is 14.8. The molecule has 0 unspecified atom stereocenters. The standard InChI is InChI=1S/C8H9.3C2H4O2.Sn/c1-7-5-3-4-6-8(7)2;3*1-2(3)4;/h3-5H,1-2H3;3*1H3,(H,3,4);/q;;;;+3/p-3. The Bertz CT molecular complexity index is 396. The number of benzene rings is 1. The average Bonchev–Trinajstić information content (AvgIpc) is 2.23. The number of carbonyl (C=O) groups excluding carboxylic acids is 3. The van der Waals surface area contributed by atoms with E-state index in [9.17, 15) is 0 Å². The van der Waals surface area contributed by atoms with E-state index in [4.69, 9.17) is 29.7 Å². The molecule has 21 heavy (non-hydrogen) atoms. The van der Waals surface area contributed by atoms with Crippen LogP contribution in [-0.4, -0.2) is 40.4 Å². The van der Waals surface area contributed by atoms with Crippen LogP contribution in [0, 0.1) is 13.8 Å². The fourth-order valence-corrected chi connectivity index (χ4v) is 1.59. The molecular weight excluding hydrogens is 383 g/mol. The summed E-state index contributed by atoms with van der Waals surface area (Å²) in [6.07, 6.45) is 0. The molecule has 1 aromatic carbocycles. The Morgan fingerprint density at radius 1 is 0.857 bits per heavy atom. The van der Waals surface area contributed by atoms with Crippen LogP contribution < -0.4 is 18.9 Å². The molecule has 1 rings (SSSR count). The second-order valence-electron chi connectivity index (χ2n) is 3.72. The van der Waals surface area contributed by atoms with Crippen LogP contribution in [0.4, 0.5) is 0 Å². The van der Waals surface area contributed by atoms with E-state index < -0.39 is 17.9 Å². The first kappa shape index (κ1) is 24.4. The molecule has 0 aliphatic heterocycles. The van der Waals surface area contributed by atoms with Crippen molar-refractivity contribution in [2.75, 3.05) is 0 Å². The van der Waals surface area contributed by atoms with Gasteiger partial charge in [-0.25, -0.2) is 0 Å². The molecule has 0 atom stereocenters. The number of rotatable bonds is 0. The predicted octanol–water partition coefficient (Wildman–Crippen LogP) is -2.63. The molecule has 0 N–H and O–H groups in total. The Balaban J connectivity index is -0.000000230. The van der Waals surface area contributed by atoms with Crippen LogP contribution in [-0.2, 0) is 14.4 Å². The van der Waals surface area contributed by atoms with E-state index >= 15 is 0 Å². The van der Waals surface area contributed by atoms with Gasteiger partial charge in [-0.15, -0.1) is 0 Å². The van der Waals surface area contributed by atoms with Gasteiger partial charge in [-0.2, -0.15) is 0 Å². The van der Waals surface area contributed by atoms with Crippen LogP contribution in [0.1, 0.15) is 31.9 Å². The molecule has 0 amide bonds. The zero-order valence-corrected chi connectivity index (χ0v) is 15.5. The minimum atomic E-state index is -1.08. The number of carbonyl (C=O) groups is 3. The number of hydrogen-bond donors (Lipinski definition) is 0. The van der Waals surface area contributed by atoms with Gasteiger partial charge < -0.3 is 29.7 Å². The molecule has 114 valence electrons. The Morgan fingerprint density at radius 2 is 1.14 bits per heavy atom. The third-order valence-corrected chi connectivity index (χ3v) is 3.15. The van der Waals surface area contributed by atoms with Gasteiger partial charge in [-0.05, 0) is 20.8 Å². The van der Waals surface area contributed by atoms with Crippen molar-refractivity contribution in [3.05, 3.63) is 29.3 Å². The predicted molar refractivity (Wildman–Crippen MR) is 73.3 cm³/mol. The Hall–Kier alpha value is -1.57. The van der Waals surface area contributed by atoms with Crippen molar-refractivity contribution in [2.24, 2.45) is 0 Å². The van der Waals surface area contributed by atoms with Crippen LogP contribution >= 0.6 is 0 Å². The fraction of sp³-hybridized carbons (Fsp3) is 0.357. The molecular formula is C14H18O6Sn. The van der Waals surface area contributed by atoms with Crippen molar-refractivity contribution in [2.45, 2.75) is 34.6 Å². The van der Waals surface area contributed by atoms with Gasteiger partial charge >= 0.3 is 69.3 Å². The molecule has 7 heteroatoms. The summed E-state index contributed by atoms with van der Waals surface area (Å²) in [6, 6.07) is 6.45. The number of aryl methyl sites for hydroxylation is 1. The molecule has 0 radical (unpaired) electrons. The third kappa shape index (κ3) is 32.2. The van der Waals surface area contributed by atoms with Gasteiger partial charge in [0.2, 0.25) is 0 Å². The fourth-order valence-electron chi connectivity index (χ4n) is 0.751. The molecule has 0 aliphatic carbocycles. The monoisotopic (exact) mass is 402 g/mol. The second-order valence-corrected chi connectivity index (χ2v) is 5.26. The summed E-state index contributed by atoms with van der Waals surface area (Å²) >= 11 is 1.51. The molecule has 0 saturated carbocycles. The van der Waals surface area contributed by atoms with Crippen molar-refractivity contribution < 1.29 is 29.7 Å². The van der Waals surface area contributed by atoms with E-state index in [1.54, 1.807) is 0 Å². The summed E-state index contributed by atoms with van der Waals surface area (Å²) < 4.78 is 1.47. The summed E-state index contributed by atoms with van der Waals surface area (Å²) in [5.41, 5.74) is 2.86. The van der Waals surface area contributed by atoms with Gasteiger partial charge in [0, 0.05) is 17.9 Å². The summed E-state index contributed by atoms with van der Waals surface area (Å²) in [5.74, 6) is -3.25. The van der Waals surface area contributed by atoms with Crippen molar-refractivity contribution in [3.8, 4) is 0 Å². The first-order valence-corrected chi connectivity index (χ1v) is 7.15. The normalized spacial score (nSPS) is 7.76. The van der Waals surface area contributed by atoms with E-state index in [1.165, 1.54) is 37.2 Å². The molecule has 0 spiro atoms. The van der Waals surface area contributed by atoms with E-state index in [2.05, 4.69) is 32.0 Å². The van der Waals surface area contributed by atoms with E-state index in [1.807, 2.05) is 0 Å². The van der Waals surface area contributed by atoms with E-state index in [0.29, 0.717) is 0 Å². The van der Waals surface area contributed by atoms with Gasteiger partial charge in [0.15, 0.2) is 0 Å². The van der Waals surface area contributed by atoms with E-state index in [-0.39, 0.29) is 0 Å². The maximum absolute atomic E-state index is 8.89. The van der Waals surface area contributed by atoms with Crippen LogP contribution in [0.5, 0.6) is 0 Å². The molecule has 0 aliphatic rings. The first-order valence-electron chi connectivity index (χ1n) is 5.72. The summed E-state index contributed by atoms with van der Waals surface area (Å²) in [4.78, 5) is 26.7. The van der Waals surface area contributed by atoms with Crippen LogP contribution in [0.25, 0.3) is 0 Å². The third-order valence-electron chi connectivity index (χ3n) is 1.60. The maximum atomic E-state index is 8.89. The first-order chi connectivity index (χ1) is 9.41. The quantitative estimate of drug-likeness (QED) is 0.439. The number of hydrogen-bond acceptors (Lipinski definition) is 6. The van der Waals surface area contributed by atoms with Gasteiger partial charge in [-0.3, -0.25) is 0 Å². The molecule has 1 aromatic rings. The van der Waals surface area contributed by atoms with Crippen molar-refractivity contribution in [3.63, 3.8) is 0 Å². The van der Waals surface area contributed by atoms with Gasteiger partial charge in [0.25, 0.3) is 0 Å². The SMILES string of the molecule is CC(=O)[O-].CC(=O)[O-].CC(=O)[O-].Cc1ccc[c]([Sn+3])c1C. The Labute approximate surface area is 137 Å². The summed E-state index contributed by atoms with van der Waals surface area (Å²) in [6.45, 7) is 7.25. The topological polar surface area (TPSA) is 120 Å². The van der Waals surface area contributed by atoms with Crippen LogP contribution in [0.15, 0.2) is 18.2 Å². The number of carboxylic acids is 3. The summed E-state index contributed by atoms with van der Waals surface area (Å²) in [5, 5.41) is 26.7. The van der Waals surface area contributed by atoms with Crippen LogP contribution in [0.2, 0.25) is 0 Å². The van der Waals surface area contributed by atoms with Gasteiger partial charge in [-0.1, -0.05) is 0 Å². The molecule has 0 heterocycles. The molecule has 0 saturated heterocycles. The van der Waals surface area contributed by atoms with Gasteiger partial charge in [0.1, 0.15) is 0 Å². The number of aliphatic carboxylic acids is 3. The minimum absolute atomic E-state index is 0.972. The Morgan fingerprint density at radius 3 is 1.33 bits per heavy atom. The molecule has 0 bridgehead atoms. The van der Waals surface area contributed by atoms with Gasteiger partial charge in [0.05, 0.1) is 0 Å². The zero-order valence-electron chi connectivity index (χ0n) is 12.7.